The molecule has 4 N–H and O–H groups in total. The highest BCUT2D eigenvalue weighted by atomic mass is 15.0. The van der Waals surface area contributed by atoms with Crippen molar-refractivity contribution in [3.8, 4) is 0 Å². The molecule has 0 heterocycles. The predicted molar refractivity (Wildman–Crippen MR) is 47.3 cm³/mol. The fraction of sp³-hybridized carbons (Fsp3) is 1.00. The van der Waals surface area contributed by atoms with E-state index in [1.54, 1.807) is 0 Å². The van der Waals surface area contributed by atoms with Crippen molar-refractivity contribution in [2.24, 2.45) is 22.5 Å². The first-order valence-electron chi connectivity index (χ1n) is 3.58. The van der Waals surface area contributed by atoms with Crippen molar-refractivity contribution >= 4 is 0 Å². The molecule has 0 aromatic heterocycles. The average molecular weight is 146 g/mol. The van der Waals surface area contributed by atoms with E-state index in [1.165, 1.54) is 0 Å². The highest BCUT2D eigenvalue weighted by molar-refractivity contribution is 4.76. The van der Waals surface area contributed by atoms with E-state index in [-0.39, 0.29) is 0 Å². The molecule has 0 spiro atoms. The van der Waals surface area contributed by atoms with Gasteiger partial charge in [0.05, 0.1) is 0 Å². The van der Waals surface area contributed by atoms with Crippen LogP contribution in [-0.4, -0.2) is 0 Å². The van der Waals surface area contributed by atoms with E-state index < -0.39 is 0 Å². The van der Waals surface area contributed by atoms with Crippen LogP contribution in [0.15, 0.2) is 0 Å². The molecule has 0 atom stereocenters. The Morgan fingerprint density at radius 3 is 0.700 bits per heavy atom. The van der Waals surface area contributed by atoms with Crippen LogP contribution < -0.4 is 11.7 Å². The van der Waals surface area contributed by atoms with Crippen molar-refractivity contribution in [2.75, 3.05) is 0 Å². The van der Waals surface area contributed by atoms with Crippen LogP contribution in [0.25, 0.3) is 0 Å². The van der Waals surface area contributed by atoms with Gasteiger partial charge in [-0.2, -0.15) is 0 Å². The van der Waals surface area contributed by atoms with Crippen molar-refractivity contribution in [2.45, 2.75) is 41.5 Å². The molecule has 0 bridgehead atoms. The number of hydrazine groups is 1. The van der Waals surface area contributed by atoms with Crippen LogP contribution >= 0.6 is 0 Å². The Bertz CT molecular complexity index is 62.2. The number of rotatable bonds is 0. The van der Waals surface area contributed by atoms with Gasteiger partial charge in [0.1, 0.15) is 0 Å². The summed E-state index contributed by atoms with van der Waals surface area (Å²) in [4.78, 5) is 0. The van der Waals surface area contributed by atoms with Gasteiger partial charge in [-0.3, -0.25) is 11.7 Å². The van der Waals surface area contributed by atoms with E-state index in [9.17, 15) is 0 Å². The Morgan fingerprint density at radius 1 is 0.600 bits per heavy atom. The molecule has 0 radical (unpaired) electrons. The summed E-state index contributed by atoms with van der Waals surface area (Å²) in [6, 6.07) is 0. The number of hydrogen-bond acceptors (Lipinski definition) is 2. The van der Waals surface area contributed by atoms with E-state index in [1.807, 2.05) is 0 Å². The fourth-order valence-corrected chi connectivity index (χ4v) is 0. The van der Waals surface area contributed by atoms with Crippen LogP contribution in [0.3, 0.4) is 0 Å². The van der Waals surface area contributed by atoms with Crippen LogP contribution in [0.5, 0.6) is 0 Å². The molecule has 0 saturated carbocycles. The Kier molecular flexibility index (Phi) is 4.96. The summed E-state index contributed by atoms with van der Waals surface area (Å²) in [7, 11) is 0. The maximum Gasteiger partial charge on any atom is -0.0334 e. The summed E-state index contributed by atoms with van der Waals surface area (Å²) >= 11 is 0. The standard InChI is InChI=1S/C8H18.H4N2/c1-7(2,3)8(4,5)6;1-2/h1-6H3;1-2H2. The van der Waals surface area contributed by atoms with Gasteiger partial charge in [0, 0.05) is 0 Å². The quantitative estimate of drug-likeness (QED) is 0.405. The first kappa shape index (κ1) is 12.6. The Balaban J connectivity index is 0. The van der Waals surface area contributed by atoms with E-state index in [0.29, 0.717) is 10.8 Å². The molecule has 0 aliphatic rings. The summed E-state index contributed by atoms with van der Waals surface area (Å²) in [6.07, 6.45) is 0. The molecule has 0 aromatic carbocycles. The third kappa shape index (κ3) is 4.77. The lowest BCUT2D eigenvalue weighted by Gasteiger charge is -2.34. The minimum Gasteiger partial charge on any atom is -0.274 e. The smallest absolute Gasteiger partial charge is 0.0334 e. The lowest BCUT2D eigenvalue weighted by molar-refractivity contribution is 0.157. The molecular weight excluding hydrogens is 124 g/mol. The molecule has 0 aromatic rings. The normalized spacial score (nSPS) is 12.0. The molecule has 0 rings (SSSR count). The van der Waals surface area contributed by atoms with Crippen LogP contribution in [0.4, 0.5) is 0 Å². The highest BCUT2D eigenvalue weighted by Gasteiger charge is 2.26. The van der Waals surface area contributed by atoms with Crippen molar-refractivity contribution in [3.05, 3.63) is 0 Å². The minimum absolute atomic E-state index is 0.437. The summed E-state index contributed by atoms with van der Waals surface area (Å²) in [5, 5.41) is 0. The monoisotopic (exact) mass is 146 g/mol. The largest absolute Gasteiger partial charge is 0.274 e. The van der Waals surface area contributed by atoms with Crippen LogP contribution in [0.1, 0.15) is 41.5 Å². The van der Waals surface area contributed by atoms with Crippen molar-refractivity contribution in [3.63, 3.8) is 0 Å². The first-order chi connectivity index (χ1) is 4.25. The van der Waals surface area contributed by atoms with Gasteiger partial charge in [0.15, 0.2) is 0 Å². The van der Waals surface area contributed by atoms with Gasteiger partial charge >= 0.3 is 0 Å². The van der Waals surface area contributed by atoms with Crippen molar-refractivity contribution < 1.29 is 0 Å². The summed E-state index contributed by atoms with van der Waals surface area (Å²) in [5.74, 6) is 8.00. The second-order valence-corrected chi connectivity index (χ2v) is 4.50. The summed E-state index contributed by atoms with van der Waals surface area (Å²) in [5.41, 5.74) is 0.875. The Morgan fingerprint density at radius 2 is 0.700 bits per heavy atom. The maximum atomic E-state index is 4.00. The molecule has 64 valence electrons. The molecule has 0 aliphatic carbocycles. The van der Waals surface area contributed by atoms with Crippen LogP contribution in [0.2, 0.25) is 0 Å². The molecule has 0 aliphatic heterocycles. The second-order valence-electron chi connectivity index (χ2n) is 4.50. The average Bonchev–Trinajstić information content (AvgIpc) is 1.66. The van der Waals surface area contributed by atoms with E-state index in [2.05, 4.69) is 53.2 Å². The maximum absolute atomic E-state index is 4.00. The third-order valence-electron chi connectivity index (χ3n) is 2.25. The van der Waals surface area contributed by atoms with Crippen LogP contribution in [-0.2, 0) is 0 Å². The van der Waals surface area contributed by atoms with E-state index >= 15 is 0 Å². The molecule has 10 heavy (non-hydrogen) atoms. The minimum atomic E-state index is 0.437. The first-order valence-corrected chi connectivity index (χ1v) is 3.58. The van der Waals surface area contributed by atoms with Gasteiger partial charge in [0.2, 0.25) is 0 Å². The van der Waals surface area contributed by atoms with Gasteiger partial charge in [-0.1, -0.05) is 41.5 Å². The van der Waals surface area contributed by atoms with Crippen molar-refractivity contribution in [1.82, 2.24) is 0 Å². The fourth-order valence-electron chi connectivity index (χ4n) is 0. The zero-order valence-corrected chi connectivity index (χ0v) is 8.15. The summed E-state index contributed by atoms with van der Waals surface area (Å²) < 4.78 is 0. The molecular formula is C8H22N2. The summed E-state index contributed by atoms with van der Waals surface area (Å²) in [6.45, 7) is 13.6. The third-order valence-corrected chi connectivity index (χ3v) is 2.25. The lowest BCUT2D eigenvalue weighted by atomic mass is 9.71. The zero-order valence-electron chi connectivity index (χ0n) is 8.15. The molecule has 0 saturated heterocycles. The second kappa shape index (κ2) is 3.94. The van der Waals surface area contributed by atoms with Gasteiger partial charge < -0.3 is 0 Å². The van der Waals surface area contributed by atoms with E-state index in [4.69, 9.17) is 0 Å². The Labute approximate surface area is 64.9 Å². The predicted octanol–water partition coefficient (Wildman–Crippen LogP) is 1.90. The zero-order chi connectivity index (χ0) is 9.00. The van der Waals surface area contributed by atoms with Crippen LogP contribution in [0, 0.1) is 10.8 Å². The van der Waals surface area contributed by atoms with Gasteiger partial charge in [-0.25, -0.2) is 0 Å². The SMILES string of the molecule is CC(C)(C)C(C)(C)C.NN. The lowest BCUT2D eigenvalue weighted by Crippen LogP contribution is -2.25. The number of nitrogens with two attached hydrogens (primary N) is 2. The molecule has 0 unspecified atom stereocenters. The molecule has 0 amide bonds. The highest BCUT2D eigenvalue weighted by Crippen LogP contribution is 2.36. The van der Waals surface area contributed by atoms with Gasteiger partial charge in [0.25, 0.3) is 0 Å². The topological polar surface area (TPSA) is 52.0 Å². The molecule has 2 heteroatoms. The Hall–Kier alpha value is -0.0800. The van der Waals surface area contributed by atoms with Crippen molar-refractivity contribution in [1.29, 1.82) is 0 Å². The molecule has 0 fully saturated rings. The van der Waals surface area contributed by atoms with Gasteiger partial charge in [-0.15, -0.1) is 0 Å². The van der Waals surface area contributed by atoms with Gasteiger partial charge in [-0.05, 0) is 10.8 Å². The number of hydrogen-bond donors (Lipinski definition) is 2. The van der Waals surface area contributed by atoms with E-state index in [0.717, 1.165) is 0 Å². The molecule has 2 nitrogen and oxygen atoms in total.